The van der Waals surface area contributed by atoms with Crippen LogP contribution in [0.5, 0.6) is 0 Å². The highest BCUT2D eigenvalue weighted by Crippen LogP contribution is 2.20. The molecule has 0 saturated heterocycles. The van der Waals surface area contributed by atoms with Gasteiger partial charge in [0.2, 0.25) is 5.91 Å². The third kappa shape index (κ3) is 1.92. The van der Waals surface area contributed by atoms with Crippen LogP contribution in [0.4, 0.5) is 0 Å². The number of aromatic nitrogens is 1. The molecule has 1 N–H and O–H groups in total. The lowest BCUT2D eigenvalue weighted by Crippen LogP contribution is -2.23. The minimum Gasteiger partial charge on any atom is -0.361 e. The van der Waals surface area contributed by atoms with Gasteiger partial charge in [-0.1, -0.05) is 18.2 Å². The number of rotatable bonds is 3. The second-order valence-electron chi connectivity index (χ2n) is 4.85. The van der Waals surface area contributed by atoms with E-state index < -0.39 is 0 Å². The van der Waals surface area contributed by atoms with E-state index in [2.05, 4.69) is 17.1 Å². The minimum atomic E-state index is 0.215. The van der Waals surface area contributed by atoms with E-state index in [9.17, 15) is 4.79 Å². The van der Waals surface area contributed by atoms with Crippen LogP contribution in [0.3, 0.4) is 0 Å². The quantitative estimate of drug-likeness (QED) is 0.879. The van der Waals surface area contributed by atoms with Crippen molar-refractivity contribution < 1.29 is 4.79 Å². The van der Waals surface area contributed by atoms with Gasteiger partial charge in [0.05, 0.1) is 0 Å². The molecule has 3 rings (SSSR count). The number of fused-ring (bicyclic) bond motifs is 1. The van der Waals surface area contributed by atoms with E-state index in [0.717, 1.165) is 24.1 Å². The van der Waals surface area contributed by atoms with E-state index in [1.165, 1.54) is 10.9 Å². The maximum atomic E-state index is 11.7. The van der Waals surface area contributed by atoms with E-state index >= 15 is 0 Å². The van der Waals surface area contributed by atoms with Gasteiger partial charge in [0.1, 0.15) is 0 Å². The van der Waals surface area contributed by atoms with E-state index in [1.807, 2.05) is 36.4 Å². The SMILES string of the molecule is CC1=CN(CCc2c[nH]c3ccccc23)C(=O)C1. The van der Waals surface area contributed by atoms with Gasteiger partial charge in [-0.2, -0.15) is 0 Å². The van der Waals surface area contributed by atoms with Crippen LogP contribution in [0.25, 0.3) is 10.9 Å². The summed E-state index contributed by atoms with van der Waals surface area (Å²) in [4.78, 5) is 16.8. The number of H-pyrrole nitrogens is 1. The number of nitrogens with one attached hydrogen (secondary N) is 1. The highest BCUT2D eigenvalue weighted by atomic mass is 16.2. The number of hydrogen-bond donors (Lipinski definition) is 1. The Hall–Kier alpha value is -2.03. The fourth-order valence-corrected chi connectivity index (χ4v) is 2.49. The Bertz CT molecular complexity index is 624. The lowest BCUT2D eigenvalue weighted by atomic mass is 10.1. The zero-order valence-corrected chi connectivity index (χ0v) is 10.4. The lowest BCUT2D eigenvalue weighted by Gasteiger charge is -2.12. The molecule has 3 heteroatoms. The molecule has 0 fully saturated rings. The van der Waals surface area contributed by atoms with Crippen molar-refractivity contribution >= 4 is 16.8 Å². The van der Waals surface area contributed by atoms with Gasteiger partial charge in [-0.3, -0.25) is 4.79 Å². The molecule has 0 aliphatic carbocycles. The third-order valence-electron chi connectivity index (χ3n) is 3.42. The van der Waals surface area contributed by atoms with Gasteiger partial charge in [0.15, 0.2) is 0 Å². The van der Waals surface area contributed by atoms with Crippen molar-refractivity contribution in [3.8, 4) is 0 Å². The first-order chi connectivity index (χ1) is 8.74. The Morgan fingerprint density at radius 2 is 2.17 bits per heavy atom. The summed E-state index contributed by atoms with van der Waals surface area (Å²) in [6.45, 7) is 2.77. The molecule has 92 valence electrons. The van der Waals surface area contributed by atoms with Gasteiger partial charge in [-0.15, -0.1) is 0 Å². The van der Waals surface area contributed by atoms with Crippen molar-refractivity contribution in [2.24, 2.45) is 0 Å². The van der Waals surface area contributed by atoms with Crippen molar-refractivity contribution in [3.05, 3.63) is 47.8 Å². The zero-order valence-electron chi connectivity index (χ0n) is 10.4. The van der Waals surface area contributed by atoms with Gasteiger partial charge in [0.25, 0.3) is 0 Å². The molecule has 2 heterocycles. The number of carbonyl (C=O) groups is 1. The van der Waals surface area contributed by atoms with E-state index in [-0.39, 0.29) is 5.91 Å². The van der Waals surface area contributed by atoms with Gasteiger partial charge >= 0.3 is 0 Å². The van der Waals surface area contributed by atoms with Crippen LogP contribution < -0.4 is 0 Å². The second kappa shape index (κ2) is 4.33. The molecular weight excluding hydrogens is 224 g/mol. The van der Waals surface area contributed by atoms with Crippen LogP contribution in [-0.2, 0) is 11.2 Å². The maximum Gasteiger partial charge on any atom is 0.230 e. The average molecular weight is 240 g/mol. The predicted molar refractivity (Wildman–Crippen MR) is 72.1 cm³/mol. The fraction of sp³-hybridized carbons (Fsp3) is 0.267. The van der Waals surface area contributed by atoms with Gasteiger partial charge in [-0.05, 0) is 30.5 Å². The molecule has 0 radical (unpaired) electrons. The van der Waals surface area contributed by atoms with Crippen molar-refractivity contribution in [1.29, 1.82) is 0 Å². The summed E-state index contributed by atoms with van der Waals surface area (Å²) in [6, 6.07) is 8.27. The molecule has 1 aromatic carbocycles. The molecule has 1 aliphatic heterocycles. The molecule has 0 saturated carbocycles. The lowest BCUT2D eigenvalue weighted by molar-refractivity contribution is -0.126. The Balaban J connectivity index is 1.76. The van der Waals surface area contributed by atoms with Crippen molar-refractivity contribution in [2.45, 2.75) is 19.8 Å². The summed E-state index contributed by atoms with van der Waals surface area (Å²) in [5, 5.41) is 1.25. The monoisotopic (exact) mass is 240 g/mol. The highest BCUT2D eigenvalue weighted by molar-refractivity contribution is 5.84. The van der Waals surface area contributed by atoms with Crippen LogP contribution in [0.15, 0.2) is 42.2 Å². The standard InChI is InChI=1S/C15H16N2O/c1-11-8-15(18)17(10-11)7-6-12-9-16-14-5-3-2-4-13(12)14/h2-5,9-10,16H,6-8H2,1H3. The van der Waals surface area contributed by atoms with E-state index in [0.29, 0.717) is 6.42 Å². The first kappa shape index (κ1) is 11.1. The molecule has 0 unspecified atom stereocenters. The molecule has 1 amide bonds. The minimum absolute atomic E-state index is 0.215. The molecule has 0 atom stereocenters. The topological polar surface area (TPSA) is 36.1 Å². The third-order valence-corrected chi connectivity index (χ3v) is 3.42. The summed E-state index contributed by atoms with van der Waals surface area (Å²) in [5.74, 6) is 0.215. The Kier molecular flexibility index (Phi) is 2.67. The van der Waals surface area contributed by atoms with E-state index in [4.69, 9.17) is 0 Å². The summed E-state index contributed by atoms with van der Waals surface area (Å²) in [7, 11) is 0. The molecule has 1 aromatic heterocycles. The number of nitrogens with zero attached hydrogens (tertiary/aromatic N) is 1. The number of hydrogen-bond acceptors (Lipinski definition) is 1. The van der Waals surface area contributed by atoms with E-state index in [1.54, 1.807) is 0 Å². The first-order valence-electron chi connectivity index (χ1n) is 6.26. The Labute approximate surface area is 106 Å². The first-order valence-corrected chi connectivity index (χ1v) is 6.26. The average Bonchev–Trinajstić information content (AvgIpc) is 2.90. The molecule has 18 heavy (non-hydrogen) atoms. The molecule has 3 nitrogen and oxygen atoms in total. The molecule has 2 aromatic rings. The molecule has 1 aliphatic rings. The number of benzene rings is 1. The van der Waals surface area contributed by atoms with Gasteiger partial charge in [0, 0.05) is 36.3 Å². The van der Waals surface area contributed by atoms with Crippen LogP contribution in [-0.4, -0.2) is 22.3 Å². The summed E-state index contributed by atoms with van der Waals surface area (Å²) in [5.41, 5.74) is 3.59. The van der Waals surface area contributed by atoms with Gasteiger partial charge < -0.3 is 9.88 Å². The summed E-state index contributed by atoms with van der Waals surface area (Å²) in [6.07, 6.45) is 5.48. The van der Waals surface area contributed by atoms with Crippen LogP contribution >= 0.6 is 0 Å². The maximum absolute atomic E-state index is 11.7. The molecule has 0 spiro atoms. The number of para-hydroxylation sites is 1. The highest BCUT2D eigenvalue weighted by Gasteiger charge is 2.18. The predicted octanol–water partition coefficient (Wildman–Crippen LogP) is 2.85. The second-order valence-corrected chi connectivity index (χ2v) is 4.85. The number of aromatic amines is 1. The molecular formula is C15H16N2O. The van der Waals surface area contributed by atoms with Gasteiger partial charge in [-0.25, -0.2) is 0 Å². The molecule has 0 bridgehead atoms. The number of amides is 1. The largest absolute Gasteiger partial charge is 0.361 e. The smallest absolute Gasteiger partial charge is 0.230 e. The Morgan fingerprint density at radius 1 is 1.33 bits per heavy atom. The van der Waals surface area contributed by atoms with Crippen molar-refractivity contribution in [2.75, 3.05) is 6.54 Å². The van der Waals surface area contributed by atoms with Crippen LogP contribution in [0.2, 0.25) is 0 Å². The van der Waals surface area contributed by atoms with Crippen LogP contribution in [0.1, 0.15) is 18.9 Å². The summed E-state index contributed by atoms with van der Waals surface area (Å²) < 4.78 is 0. The fourth-order valence-electron chi connectivity index (χ4n) is 2.49. The van der Waals surface area contributed by atoms with Crippen molar-refractivity contribution in [3.63, 3.8) is 0 Å². The summed E-state index contributed by atoms with van der Waals surface area (Å²) >= 11 is 0. The normalized spacial score (nSPS) is 15.5. The zero-order chi connectivity index (χ0) is 12.5. The van der Waals surface area contributed by atoms with Crippen LogP contribution in [0, 0.1) is 0 Å². The Morgan fingerprint density at radius 3 is 2.94 bits per heavy atom. The number of carbonyl (C=O) groups excluding carboxylic acids is 1. The van der Waals surface area contributed by atoms with Crippen molar-refractivity contribution in [1.82, 2.24) is 9.88 Å².